The zero-order valence-electron chi connectivity index (χ0n) is 12.5. The van der Waals surface area contributed by atoms with Crippen LogP contribution in [0, 0.1) is 17.5 Å². The van der Waals surface area contributed by atoms with Crippen molar-refractivity contribution in [2.75, 3.05) is 0 Å². The third kappa shape index (κ3) is 2.78. The third-order valence-corrected chi connectivity index (χ3v) is 3.47. The fraction of sp³-hybridized carbons (Fsp3) is 0. The largest absolute Gasteiger partial charge is 0.437 e. The Hall–Kier alpha value is -3.42. The Morgan fingerprint density at radius 3 is 2.44 bits per heavy atom. The molecular weight excluding hydrogens is 333 g/mol. The van der Waals surface area contributed by atoms with Gasteiger partial charge in [0.05, 0.1) is 5.56 Å². The lowest BCUT2D eigenvalue weighted by molar-refractivity contribution is 0.440. The summed E-state index contributed by atoms with van der Waals surface area (Å²) in [6.45, 7) is 0. The van der Waals surface area contributed by atoms with Gasteiger partial charge in [-0.05, 0) is 30.3 Å². The molecule has 2 aromatic carbocycles. The number of hydrogen-bond acceptors (Lipinski definition) is 4. The van der Waals surface area contributed by atoms with Crippen LogP contribution in [-0.2, 0) is 0 Å². The minimum atomic E-state index is -1.03. The summed E-state index contributed by atoms with van der Waals surface area (Å²) in [7, 11) is 0. The van der Waals surface area contributed by atoms with Gasteiger partial charge >= 0.3 is 0 Å². The number of fused-ring (bicyclic) bond motifs is 1. The van der Waals surface area contributed by atoms with E-state index in [9.17, 15) is 13.2 Å². The quantitative estimate of drug-likeness (QED) is 0.565. The number of rotatable bonds is 3. The highest BCUT2D eigenvalue weighted by atomic mass is 19.2. The van der Waals surface area contributed by atoms with Crippen molar-refractivity contribution in [3.63, 3.8) is 0 Å². The summed E-state index contributed by atoms with van der Waals surface area (Å²) >= 11 is 0. The molecule has 0 aliphatic rings. The maximum absolute atomic E-state index is 14.0. The summed E-state index contributed by atoms with van der Waals surface area (Å²) in [6, 6.07) is 12.3. The first-order valence-electron chi connectivity index (χ1n) is 7.22. The van der Waals surface area contributed by atoms with Crippen LogP contribution in [-0.4, -0.2) is 19.8 Å². The van der Waals surface area contributed by atoms with Crippen LogP contribution in [0.3, 0.4) is 0 Å². The van der Waals surface area contributed by atoms with E-state index in [0.717, 1.165) is 12.1 Å². The van der Waals surface area contributed by atoms with Crippen LogP contribution in [0.1, 0.15) is 0 Å². The highest BCUT2D eigenvalue weighted by Gasteiger charge is 2.14. The van der Waals surface area contributed by atoms with E-state index < -0.39 is 17.5 Å². The van der Waals surface area contributed by atoms with E-state index in [2.05, 4.69) is 15.3 Å². The third-order valence-electron chi connectivity index (χ3n) is 3.47. The Kier molecular flexibility index (Phi) is 3.57. The van der Waals surface area contributed by atoms with Crippen molar-refractivity contribution in [1.29, 1.82) is 0 Å². The van der Waals surface area contributed by atoms with Crippen LogP contribution in [0.4, 0.5) is 13.2 Å². The minimum Gasteiger partial charge on any atom is -0.437 e. The van der Waals surface area contributed by atoms with E-state index >= 15 is 0 Å². The maximum Gasteiger partial charge on any atom is 0.237 e. The van der Waals surface area contributed by atoms with Crippen molar-refractivity contribution in [2.24, 2.45) is 0 Å². The second kappa shape index (κ2) is 5.90. The van der Waals surface area contributed by atoms with Crippen LogP contribution in [0.15, 0.2) is 54.6 Å². The first kappa shape index (κ1) is 15.1. The summed E-state index contributed by atoms with van der Waals surface area (Å²) in [4.78, 5) is 0. The SMILES string of the molecule is Fc1ccc(Oc2ccc3nnc(-c4ccccc4F)n3n2)cc1F. The average molecular weight is 342 g/mol. The van der Waals surface area contributed by atoms with Gasteiger partial charge in [0.15, 0.2) is 23.1 Å². The summed E-state index contributed by atoms with van der Waals surface area (Å²) in [5.41, 5.74) is 0.614. The topological polar surface area (TPSA) is 52.3 Å². The van der Waals surface area contributed by atoms with Gasteiger partial charge in [0.2, 0.25) is 5.88 Å². The predicted molar refractivity (Wildman–Crippen MR) is 82.6 cm³/mol. The lowest BCUT2D eigenvalue weighted by Gasteiger charge is -2.06. The second-order valence-corrected chi connectivity index (χ2v) is 5.12. The molecule has 4 aromatic rings. The van der Waals surface area contributed by atoms with E-state index in [-0.39, 0.29) is 23.0 Å². The number of nitrogens with zero attached hydrogens (tertiary/aromatic N) is 4. The molecule has 0 amide bonds. The Bertz CT molecular complexity index is 1080. The molecule has 0 aliphatic carbocycles. The molecule has 124 valence electrons. The molecule has 0 atom stereocenters. The van der Waals surface area contributed by atoms with Crippen molar-refractivity contribution < 1.29 is 17.9 Å². The van der Waals surface area contributed by atoms with E-state index in [1.54, 1.807) is 24.3 Å². The van der Waals surface area contributed by atoms with Crippen molar-refractivity contribution in [3.8, 4) is 23.0 Å². The first-order valence-corrected chi connectivity index (χ1v) is 7.22. The lowest BCUT2D eigenvalue weighted by atomic mass is 10.2. The molecule has 4 rings (SSSR count). The molecular formula is C17H9F3N4O. The highest BCUT2D eigenvalue weighted by molar-refractivity contribution is 5.59. The van der Waals surface area contributed by atoms with Gasteiger partial charge in [-0.25, -0.2) is 13.2 Å². The van der Waals surface area contributed by atoms with Crippen molar-refractivity contribution in [2.45, 2.75) is 0 Å². The summed E-state index contributed by atoms with van der Waals surface area (Å²) in [5.74, 6) is -2.11. The van der Waals surface area contributed by atoms with Crippen LogP contribution in [0.5, 0.6) is 11.6 Å². The molecule has 0 saturated carbocycles. The highest BCUT2D eigenvalue weighted by Crippen LogP contribution is 2.24. The molecule has 0 aliphatic heterocycles. The van der Waals surface area contributed by atoms with E-state index in [4.69, 9.17) is 4.74 Å². The molecule has 0 unspecified atom stereocenters. The minimum absolute atomic E-state index is 0.0752. The fourth-order valence-electron chi connectivity index (χ4n) is 2.30. The van der Waals surface area contributed by atoms with Crippen LogP contribution >= 0.6 is 0 Å². The molecule has 0 saturated heterocycles. The smallest absolute Gasteiger partial charge is 0.237 e. The number of ether oxygens (including phenoxy) is 1. The van der Waals surface area contributed by atoms with Crippen LogP contribution in [0.25, 0.3) is 17.0 Å². The molecule has 8 heteroatoms. The lowest BCUT2D eigenvalue weighted by Crippen LogP contribution is -1.99. The molecule has 0 N–H and O–H groups in total. The normalized spacial score (nSPS) is 11.0. The van der Waals surface area contributed by atoms with Gasteiger partial charge in [-0.3, -0.25) is 0 Å². The maximum atomic E-state index is 14.0. The number of aromatic nitrogens is 4. The Morgan fingerprint density at radius 1 is 0.800 bits per heavy atom. The average Bonchev–Trinajstić information content (AvgIpc) is 3.02. The van der Waals surface area contributed by atoms with E-state index in [1.807, 2.05) is 0 Å². The molecule has 0 radical (unpaired) electrons. The first-order chi connectivity index (χ1) is 12.1. The zero-order valence-corrected chi connectivity index (χ0v) is 12.5. The van der Waals surface area contributed by atoms with Gasteiger partial charge in [-0.15, -0.1) is 15.3 Å². The van der Waals surface area contributed by atoms with Crippen LogP contribution in [0.2, 0.25) is 0 Å². The molecule has 0 bridgehead atoms. The van der Waals surface area contributed by atoms with Crippen molar-refractivity contribution >= 4 is 5.65 Å². The van der Waals surface area contributed by atoms with Gasteiger partial charge in [-0.1, -0.05) is 12.1 Å². The van der Waals surface area contributed by atoms with Crippen LogP contribution < -0.4 is 4.74 Å². The van der Waals surface area contributed by atoms with Crippen molar-refractivity contribution in [1.82, 2.24) is 19.8 Å². The van der Waals surface area contributed by atoms with E-state index in [1.165, 1.54) is 22.7 Å². The number of halogens is 3. The van der Waals surface area contributed by atoms with Gasteiger partial charge < -0.3 is 4.74 Å². The summed E-state index contributed by atoms with van der Waals surface area (Å²) in [6.07, 6.45) is 0. The molecule has 0 spiro atoms. The van der Waals surface area contributed by atoms with Gasteiger partial charge in [0.25, 0.3) is 0 Å². The Balaban J connectivity index is 1.76. The number of hydrogen-bond donors (Lipinski definition) is 0. The molecule has 0 fully saturated rings. The number of benzene rings is 2. The zero-order chi connectivity index (χ0) is 17.4. The van der Waals surface area contributed by atoms with E-state index in [0.29, 0.717) is 5.65 Å². The summed E-state index contributed by atoms with van der Waals surface area (Å²) < 4.78 is 47.0. The molecule has 25 heavy (non-hydrogen) atoms. The fourth-order valence-corrected chi connectivity index (χ4v) is 2.30. The second-order valence-electron chi connectivity index (χ2n) is 5.12. The van der Waals surface area contributed by atoms with Crippen molar-refractivity contribution in [3.05, 3.63) is 72.0 Å². The summed E-state index contributed by atoms with van der Waals surface area (Å²) in [5, 5.41) is 12.1. The van der Waals surface area contributed by atoms with Gasteiger partial charge in [-0.2, -0.15) is 4.52 Å². The van der Waals surface area contributed by atoms with Gasteiger partial charge in [0.1, 0.15) is 11.6 Å². The Morgan fingerprint density at radius 2 is 1.64 bits per heavy atom. The molecule has 2 aromatic heterocycles. The Labute approximate surface area is 139 Å². The standard InChI is InChI=1S/C17H9F3N4O/c18-12-4-2-1-3-11(12)17-22-21-15-7-8-16(23-24(15)17)25-10-5-6-13(19)14(20)9-10/h1-9H. The predicted octanol–water partition coefficient (Wildman–Crippen LogP) is 4.00. The molecule has 2 heterocycles. The van der Waals surface area contributed by atoms with Gasteiger partial charge in [0, 0.05) is 12.1 Å². The monoisotopic (exact) mass is 342 g/mol. The molecule has 5 nitrogen and oxygen atoms in total.